The number of nitrogens with one attached hydrogen (secondary N) is 2. The van der Waals surface area contributed by atoms with Crippen molar-refractivity contribution < 1.29 is 18.7 Å². The van der Waals surface area contributed by atoms with Gasteiger partial charge in [0.1, 0.15) is 19.0 Å². The minimum Gasteiger partial charge on any atom is -0.362 e. The number of benzene rings is 2. The fraction of sp³-hybridized carbons (Fsp3) is 0.118. The van der Waals surface area contributed by atoms with Gasteiger partial charge in [-0.1, -0.05) is 0 Å². The molecule has 122 valence electrons. The first kappa shape index (κ1) is 17.1. The van der Waals surface area contributed by atoms with Gasteiger partial charge < -0.3 is 15.4 Å². The second-order valence-corrected chi connectivity index (χ2v) is 4.79. The van der Waals surface area contributed by atoms with Gasteiger partial charge in [0.25, 0.3) is 0 Å². The van der Waals surface area contributed by atoms with Crippen LogP contribution < -0.4 is 10.6 Å². The molecular weight excluding hydrogens is 313 g/mol. The summed E-state index contributed by atoms with van der Waals surface area (Å²) in [5.74, 6) is -1.27. The van der Waals surface area contributed by atoms with Crippen molar-refractivity contribution in [2.24, 2.45) is 0 Å². The number of ether oxygens (including phenoxy) is 1. The molecule has 0 fully saturated rings. The summed E-state index contributed by atoms with van der Waals surface area (Å²) in [6.45, 7) is -0.602. The van der Waals surface area contributed by atoms with Gasteiger partial charge in [-0.2, -0.15) is 5.26 Å². The van der Waals surface area contributed by atoms with E-state index in [2.05, 4.69) is 10.6 Å². The van der Waals surface area contributed by atoms with Gasteiger partial charge in [0.2, 0.25) is 11.8 Å². The van der Waals surface area contributed by atoms with Crippen LogP contribution >= 0.6 is 0 Å². The molecule has 0 aliphatic rings. The fourth-order valence-electron chi connectivity index (χ4n) is 1.79. The lowest BCUT2D eigenvalue weighted by molar-refractivity contribution is -0.125. The Hall–Kier alpha value is -3.24. The number of hydrogen-bond acceptors (Lipinski definition) is 4. The smallest absolute Gasteiger partial charge is 0.250 e. The van der Waals surface area contributed by atoms with Gasteiger partial charge in [-0.25, -0.2) is 4.39 Å². The summed E-state index contributed by atoms with van der Waals surface area (Å²) in [6.07, 6.45) is 0. The van der Waals surface area contributed by atoms with Crippen molar-refractivity contribution in [3.05, 3.63) is 59.9 Å². The first-order valence-corrected chi connectivity index (χ1v) is 7.00. The molecule has 7 heteroatoms. The predicted molar refractivity (Wildman–Crippen MR) is 85.6 cm³/mol. The lowest BCUT2D eigenvalue weighted by Crippen LogP contribution is -2.23. The van der Waals surface area contributed by atoms with E-state index in [1.54, 1.807) is 24.3 Å². The Kier molecular flexibility index (Phi) is 6.00. The Morgan fingerprint density at radius 1 is 0.917 bits per heavy atom. The molecule has 2 aromatic rings. The van der Waals surface area contributed by atoms with Crippen LogP contribution in [0.5, 0.6) is 0 Å². The average molecular weight is 327 g/mol. The number of anilines is 2. The lowest BCUT2D eigenvalue weighted by Gasteiger charge is -2.07. The van der Waals surface area contributed by atoms with Gasteiger partial charge in [-0.15, -0.1) is 0 Å². The first-order chi connectivity index (χ1) is 11.6. The second kappa shape index (κ2) is 8.41. The van der Waals surface area contributed by atoms with Crippen LogP contribution in [0.1, 0.15) is 5.56 Å². The maximum absolute atomic E-state index is 12.7. The molecule has 2 aromatic carbocycles. The molecule has 0 saturated heterocycles. The van der Waals surface area contributed by atoms with Gasteiger partial charge in [0, 0.05) is 11.4 Å². The molecular formula is C17H14FN3O3. The van der Waals surface area contributed by atoms with Crippen LogP contribution in [0.3, 0.4) is 0 Å². The fourth-order valence-corrected chi connectivity index (χ4v) is 1.79. The number of carbonyl (C=O) groups is 2. The van der Waals surface area contributed by atoms with Crippen molar-refractivity contribution in [3.63, 3.8) is 0 Å². The highest BCUT2D eigenvalue weighted by Crippen LogP contribution is 2.09. The van der Waals surface area contributed by atoms with Crippen molar-refractivity contribution in [1.82, 2.24) is 0 Å². The maximum atomic E-state index is 12.7. The summed E-state index contributed by atoms with van der Waals surface area (Å²) in [7, 11) is 0. The number of nitrogens with zero attached hydrogens (tertiary/aromatic N) is 1. The quantitative estimate of drug-likeness (QED) is 0.851. The summed E-state index contributed by atoms with van der Waals surface area (Å²) >= 11 is 0. The van der Waals surface area contributed by atoms with Crippen molar-refractivity contribution in [2.75, 3.05) is 23.8 Å². The van der Waals surface area contributed by atoms with E-state index in [9.17, 15) is 14.0 Å². The average Bonchev–Trinajstić information content (AvgIpc) is 2.57. The van der Waals surface area contributed by atoms with E-state index in [4.69, 9.17) is 10.00 Å². The van der Waals surface area contributed by atoms with Gasteiger partial charge in [0.05, 0.1) is 11.6 Å². The third-order valence-electron chi connectivity index (χ3n) is 2.89. The van der Waals surface area contributed by atoms with E-state index in [1.807, 2.05) is 6.07 Å². The van der Waals surface area contributed by atoms with Crippen molar-refractivity contribution in [3.8, 4) is 6.07 Å². The van der Waals surface area contributed by atoms with E-state index >= 15 is 0 Å². The number of carbonyl (C=O) groups excluding carboxylic acids is 2. The van der Waals surface area contributed by atoms with Crippen LogP contribution in [-0.2, 0) is 14.3 Å². The van der Waals surface area contributed by atoms with E-state index in [-0.39, 0.29) is 13.2 Å². The zero-order valence-electron chi connectivity index (χ0n) is 12.6. The minimum absolute atomic E-state index is 0.295. The van der Waals surface area contributed by atoms with E-state index in [0.29, 0.717) is 16.9 Å². The van der Waals surface area contributed by atoms with Crippen LogP contribution in [0.15, 0.2) is 48.5 Å². The minimum atomic E-state index is -0.451. The number of hydrogen-bond donors (Lipinski definition) is 2. The third-order valence-corrected chi connectivity index (χ3v) is 2.89. The van der Waals surface area contributed by atoms with Gasteiger partial charge in [-0.3, -0.25) is 9.59 Å². The zero-order chi connectivity index (χ0) is 17.4. The largest absolute Gasteiger partial charge is 0.362 e. The molecule has 2 N–H and O–H groups in total. The van der Waals surface area contributed by atoms with Gasteiger partial charge in [-0.05, 0) is 48.5 Å². The molecule has 0 aliphatic heterocycles. The van der Waals surface area contributed by atoms with Crippen LogP contribution in [0.2, 0.25) is 0 Å². The Bertz CT molecular complexity index is 752. The number of halogens is 1. The molecule has 0 unspecified atom stereocenters. The van der Waals surface area contributed by atoms with Gasteiger partial charge >= 0.3 is 0 Å². The second-order valence-electron chi connectivity index (χ2n) is 4.79. The Labute approximate surface area is 137 Å². The lowest BCUT2D eigenvalue weighted by atomic mass is 10.2. The van der Waals surface area contributed by atoms with Crippen LogP contribution in [0.4, 0.5) is 15.8 Å². The van der Waals surface area contributed by atoms with Crippen LogP contribution in [0.25, 0.3) is 0 Å². The highest BCUT2D eigenvalue weighted by molar-refractivity contribution is 5.93. The molecule has 2 amide bonds. The number of rotatable bonds is 6. The maximum Gasteiger partial charge on any atom is 0.250 e. The summed E-state index contributed by atoms with van der Waals surface area (Å²) in [5, 5.41) is 13.8. The van der Waals surface area contributed by atoms with E-state index in [0.717, 1.165) is 0 Å². The van der Waals surface area contributed by atoms with Gasteiger partial charge in [0.15, 0.2) is 0 Å². The molecule has 2 rings (SSSR count). The Morgan fingerprint density at radius 2 is 1.38 bits per heavy atom. The normalized spacial score (nSPS) is 9.83. The molecule has 0 saturated carbocycles. The number of nitriles is 1. The number of amides is 2. The van der Waals surface area contributed by atoms with Crippen LogP contribution in [0, 0.1) is 17.1 Å². The molecule has 0 aliphatic carbocycles. The standard InChI is InChI=1S/C17H14FN3O3/c18-13-3-7-15(8-4-13)21-17(23)11-24-10-16(22)20-14-5-1-12(9-19)2-6-14/h1-8H,10-11H2,(H,20,22)(H,21,23). The summed E-state index contributed by atoms with van der Waals surface area (Å²) in [4.78, 5) is 23.3. The van der Waals surface area contributed by atoms with E-state index < -0.39 is 17.6 Å². The van der Waals surface area contributed by atoms with Crippen molar-refractivity contribution in [2.45, 2.75) is 0 Å². The van der Waals surface area contributed by atoms with E-state index in [1.165, 1.54) is 24.3 Å². The third kappa shape index (κ3) is 5.51. The Morgan fingerprint density at radius 3 is 1.83 bits per heavy atom. The summed E-state index contributed by atoms with van der Waals surface area (Å²) < 4.78 is 17.8. The molecule has 0 heterocycles. The highest BCUT2D eigenvalue weighted by Gasteiger charge is 2.06. The molecule has 0 atom stereocenters. The monoisotopic (exact) mass is 327 g/mol. The van der Waals surface area contributed by atoms with Crippen molar-refractivity contribution in [1.29, 1.82) is 5.26 Å². The molecule has 0 radical (unpaired) electrons. The predicted octanol–water partition coefficient (Wildman–Crippen LogP) is 2.29. The molecule has 0 aromatic heterocycles. The molecule has 0 bridgehead atoms. The molecule has 0 spiro atoms. The zero-order valence-corrected chi connectivity index (χ0v) is 12.6. The topological polar surface area (TPSA) is 91.2 Å². The summed E-state index contributed by atoms with van der Waals surface area (Å²) in [5.41, 5.74) is 1.45. The first-order valence-electron chi connectivity index (χ1n) is 7.00. The highest BCUT2D eigenvalue weighted by atomic mass is 19.1. The van der Waals surface area contributed by atoms with Crippen LogP contribution in [-0.4, -0.2) is 25.0 Å². The molecule has 6 nitrogen and oxygen atoms in total. The Balaban J connectivity index is 1.70. The SMILES string of the molecule is N#Cc1ccc(NC(=O)COCC(=O)Nc2ccc(F)cc2)cc1. The summed E-state index contributed by atoms with van der Waals surface area (Å²) in [6, 6.07) is 13.6. The van der Waals surface area contributed by atoms with Crippen molar-refractivity contribution >= 4 is 23.2 Å². The molecule has 24 heavy (non-hydrogen) atoms.